The Morgan fingerprint density at radius 3 is 2.06 bits per heavy atom. The molecule has 0 spiro atoms. The Morgan fingerprint density at radius 2 is 1.47 bits per heavy atom. The van der Waals surface area contributed by atoms with E-state index in [1.807, 2.05) is 12.1 Å². The van der Waals surface area contributed by atoms with E-state index in [2.05, 4.69) is 0 Å². The lowest BCUT2D eigenvalue weighted by Gasteiger charge is -2.40. The smallest absolute Gasteiger partial charge is 0.186 e. The van der Waals surface area contributed by atoms with E-state index in [-0.39, 0.29) is 23.7 Å². The summed E-state index contributed by atoms with van der Waals surface area (Å²) >= 11 is 0. The van der Waals surface area contributed by atoms with Crippen molar-refractivity contribution in [1.29, 1.82) is 0 Å². The van der Waals surface area contributed by atoms with Crippen molar-refractivity contribution in [3.63, 3.8) is 0 Å². The number of allylic oxidation sites excluding steroid dienone is 2. The molecular formula is C27H34O9. The van der Waals surface area contributed by atoms with Gasteiger partial charge in [-0.15, -0.1) is 0 Å². The summed E-state index contributed by atoms with van der Waals surface area (Å²) in [5.41, 5.74) is 1.94. The largest absolute Gasteiger partial charge is 0.508 e. The third-order valence-corrected chi connectivity index (χ3v) is 6.13. The Labute approximate surface area is 209 Å². The molecule has 196 valence electrons. The van der Waals surface area contributed by atoms with Crippen molar-refractivity contribution < 1.29 is 44.9 Å². The van der Waals surface area contributed by atoms with Crippen molar-refractivity contribution in [3.8, 4) is 11.5 Å². The second kappa shape index (κ2) is 13.5. The van der Waals surface area contributed by atoms with Crippen LogP contribution in [0.4, 0.5) is 0 Å². The van der Waals surface area contributed by atoms with Crippen LogP contribution in [0.5, 0.6) is 11.5 Å². The number of aliphatic hydroxyl groups is 4. The van der Waals surface area contributed by atoms with Crippen molar-refractivity contribution in [1.82, 2.24) is 0 Å². The molecule has 1 heterocycles. The lowest BCUT2D eigenvalue weighted by Crippen LogP contribution is -2.59. The average molecular weight is 503 g/mol. The van der Waals surface area contributed by atoms with Crippen molar-refractivity contribution in [2.75, 3.05) is 6.61 Å². The van der Waals surface area contributed by atoms with Gasteiger partial charge in [0.15, 0.2) is 12.1 Å². The van der Waals surface area contributed by atoms with E-state index in [0.29, 0.717) is 25.7 Å². The molecule has 6 N–H and O–H groups in total. The highest BCUT2D eigenvalue weighted by Gasteiger charge is 2.44. The molecule has 0 amide bonds. The molecular weight excluding hydrogens is 468 g/mol. The van der Waals surface area contributed by atoms with Crippen LogP contribution in [0.3, 0.4) is 0 Å². The summed E-state index contributed by atoms with van der Waals surface area (Å²) in [6.07, 6.45) is -2.31. The van der Waals surface area contributed by atoms with Gasteiger partial charge >= 0.3 is 0 Å². The fourth-order valence-corrected chi connectivity index (χ4v) is 4.00. The number of phenolic OH excluding ortho intramolecular Hbond substituents is 2. The van der Waals surface area contributed by atoms with Crippen LogP contribution in [0, 0.1) is 0 Å². The third kappa shape index (κ3) is 8.12. The number of rotatable bonds is 12. The van der Waals surface area contributed by atoms with Crippen LogP contribution >= 0.6 is 0 Å². The predicted molar refractivity (Wildman–Crippen MR) is 130 cm³/mol. The molecule has 2 aromatic rings. The number of carbonyl (C=O) groups is 1. The Kier molecular flexibility index (Phi) is 10.4. The monoisotopic (exact) mass is 502 g/mol. The number of aliphatic hydroxyl groups excluding tert-OH is 4. The zero-order chi connectivity index (χ0) is 26.1. The lowest BCUT2D eigenvalue weighted by atomic mass is 9.98. The third-order valence-electron chi connectivity index (χ3n) is 6.13. The first kappa shape index (κ1) is 27.8. The van der Waals surface area contributed by atoms with Crippen LogP contribution in [-0.2, 0) is 27.1 Å². The van der Waals surface area contributed by atoms with Gasteiger partial charge in [-0.05, 0) is 67.2 Å². The summed E-state index contributed by atoms with van der Waals surface area (Å²) in [4.78, 5) is 12.7. The minimum Gasteiger partial charge on any atom is -0.508 e. The van der Waals surface area contributed by atoms with Gasteiger partial charge in [-0.3, -0.25) is 4.79 Å². The highest BCUT2D eigenvalue weighted by Crippen LogP contribution is 2.25. The van der Waals surface area contributed by atoms with E-state index in [1.54, 1.807) is 42.5 Å². The Bertz CT molecular complexity index is 972. The predicted octanol–water partition coefficient (Wildman–Crippen LogP) is 1.36. The Hall–Kier alpha value is -2.79. The number of aryl methyl sites for hydroxylation is 2. The van der Waals surface area contributed by atoms with Gasteiger partial charge in [0.2, 0.25) is 0 Å². The molecule has 0 saturated carbocycles. The minimum absolute atomic E-state index is 0.0111. The zero-order valence-corrected chi connectivity index (χ0v) is 19.9. The summed E-state index contributed by atoms with van der Waals surface area (Å²) in [6.45, 7) is -0.578. The van der Waals surface area contributed by atoms with E-state index in [0.717, 1.165) is 11.1 Å². The summed E-state index contributed by atoms with van der Waals surface area (Å²) in [6, 6.07) is 13.5. The normalized spacial score (nSPS) is 25.2. The number of hydrogen-bond donors (Lipinski definition) is 6. The number of hydrogen-bond acceptors (Lipinski definition) is 9. The van der Waals surface area contributed by atoms with Crippen molar-refractivity contribution in [2.45, 2.75) is 68.9 Å². The second-order valence-corrected chi connectivity index (χ2v) is 8.94. The zero-order valence-electron chi connectivity index (χ0n) is 19.9. The van der Waals surface area contributed by atoms with E-state index < -0.39 is 43.4 Å². The van der Waals surface area contributed by atoms with Crippen LogP contribution < -0.4 is 0 Å². The SMILES string of the molecule is O=C(C=CCCc1ccc(O)cc1)CC(CCc1ccc(O)cc1)OC1OC(CO)C(O)C(O)C1O. The number of aromatic hydroxyl groups is 2. The van der Waals surface area contributed by atoms with Gasteiger partial charge in [-0.25, -0.2) is 0 Å². The maximum atomic E-state index is 12.7. The van der Waals surface area contributed by atoms with Gasteiger partial charge in [-0.1, -0.05) is 30.3 Å². The molecule has 0 aliphatic carbocycles. The van der Waals surface area contributed by atoms with Crippen LogP contribution in [0.1, 0.15) is 30.4 Å². The van der Waals surface area contributed by atoms with Crippen molar-refractivity contribution >= 4 is 5.78 Å². The van der Waals surface area contributed by atoms with E-state index >= 15 is 0 Å². The van der Waals surface area contributed by atoms with Crippen LogP contribution in [0.15, 0.2) is 60.7 Å². The molecule has 9 nitrogen and oxygen atoms in total. The van der Waals surface area contributed by atoms with Gasteiger partial charge in [0.05, 0.1) is 12.7 Å². The second-order valence-electron chi connectivity index (χ2n) is 8.94. The van der Waals surface area contributed by atoms with Gasteiger partial charge in [0.25, 0.3) is 0 Å². The number of phenols is 2. The molecule has 1 saturated heterocycles. The summed E-state index contributed by atoms with van der Waals surface area (Å²) < 4.78 is 11.3. The van der Waals surface area contributed by atoms with Gasteiger partial charge in [-0.2, -0.15) is 0 Å². The first-order valence-corrected chi connectivity index (χ1v) is 12.0. The average Bonchev–Trinajstić information content (AvgIpc) is 2.87. The molecule has 6 atom stereocenters. The van der Waals surface area contributed by atoms with Crippen LogP contribution in [-0.4, -0.2) is 79.8 Å². The molecule has 1 aliphatic heterocycles. The molecule has 6 unspecified atom stereocenters. The van der Waals surface area contributed by atoms with E-state index in [4.69, 9.17) is 9.47 Å². The summed E-state index contributed by atoms with van der Waals surface area (Å²) in [7, 11) is 0. The van der Waals surface area contributed by atoms with E-state index in [1.165, 1.54) is 6.08 Å². The van der Waals surface area contributed by atoms with Crippen molar-refractivity contribution in [2.24, 2.45) is 0 Å². The van der Waals surface area contributed by atoms with Crippen LogP contribution in [0.2, 0.25) is 0 Å². The van der Waals surface area contributed by atoms with Crippen molar-refractivity contribution in [3.05, 3.63) is 71.8 Å². The molecule has 3 rings (SSSR count). The molecule has 1 fully saturated rings. The highest BCUT2D eigenvalue weighted by atomic mass is 16.7. The topological polar surface area (TPSA) is 157 Å². The first-order valence-electron chi connectivity index (χ1n) is 12.0. The molecule has 0 radical (unpaired) electrons. The Balaban J connectivity index is 1.61. The van der Waals surface area contributed by atoms with Crippen LogP contribution in [0.25, 0.3) is 0 Å². The minimum atomic E-state index is -1.57. The quantitative estimate of drug-likeness (QED) is 0.236. The Morgan fingerprint density at radius 1 is 0.889 bits per heavy atom. The molecule has 0 aromatic heterocycles. The van der Waals surface area contributed by atoms with Gasteiger partial charge in [0.1, 0.15) is 35.9 Å². The summed E-state index contributed by atoms with van der Waals surface area (Å²) in [5.74, 6) is 0.142. The van der Waals surface area contributed by atoms with Gasteiger partial charge in [0, 0.05) is 6.42 Å². The maximum Gasteiger partial charge on any atom is 0.186 e. The fraction of sp³-hybridized carbons (Fsp3) is 0.444. The molecule has 0 bridgehead atoms. The fourth-order valence-electron chi connectivity index (χ4n) is 4.00. The number of carbonyl (C=O) groups excluding carboxylic acids is 1. The molecule has 9 heteroatoms. The standard InChI is InChI=1S/C27H34O9/c28-16-23-24(32)25(33)26(34)27(36-23)35-22(14-9-18-7-12-20(30)13-8-18)15-21(31)4-2-1-3-17-5-10-19(29)11-6-17/h2,4-8,10-13,22-30,32-34H,1,3,9,14-16H2. The molecule has 2 aromatic carbocycles. The number of ketones is 1. The molecule has 1 aliphatic rings. The lowest BCUT2D eigenvalue weighted by molar-refractivity contribution is -0.311. The van der Waals surface area contributed by atoms with E-state index in [9.17, 15) is 35.4 Å². The van der Waals surface area contributed by atoms with Gasteiger partial charge < -0.3 is 40.1 Å². The summed E-state index contributed by atoms with van der Waals surface area (Å²) in [5, 5.41) is 58.7. The number of ether oxygens (including phenoxy) is 2. The molecule has 36 heavy (non-hydrogen) atoms. The maximum absolute atomic E-state index is 12.7. The first-order chi connectivity index (χ1) is 17.3. The number of benzene rings is 2. The highest BCUT2D eigenvalue weighted by molar-refractivity contribution is 5.89.